The molecule has 0 bridgehead atoms. The lowest BCUT2D eigenvalue weighted by atomic mass is 9.97. The van der Waals surface area contributed by atoms with E-state index in [0.29, 0.717) is 11.1 Å². The van der Waals surface area contributed by atoms with E-state index >= 15 is 4.39 Å². The van der Waals surface area contributed by atoms with E-state index in [2.05, 4.69) is 73.5 Å². The molecule has 0 unspecified atom stereocenters. The summed E-state index contributed by atoms with van der Waals surface area (Å²) in [6.45, 7) is 6.83. The van der Waals surface area contributed by atoms with Gasteiger partial charge in [-0.3, -0.25) is 0 Å². The van der Waals surface area contributed by atoms with Crippen molar-refractivity contribution in [2.75, 3.05) is 0 Å². The predicted octanol–water partition coefficient (Wildman–Crippen LogP) is 6.39. The minimum absolute atomic E-state index is 0.269. The Kier molecular flexibility index (Phi) is 4.61. The minimum atomic E-state index is -1.89. The van der Waals surface area contributed by atoms with E-state index in [1.54, 1.807) is 18.6 Å². The highest BCUT2D eigenvalue weighted by Gasteiger charge is 2.37. The van der Waals surface area contributed by atoms with E-state index in [0.717, 1.165) is 38.7 Å². The van der Waals surface area contributed by atoms with Gasteiger partial charge in [-0.1, -0.05) is 72.7 Å². The first-order chi connectivity index (χ1) is 17.9. The molecular weight excluding hydrogens is 475 g/mol. The fraction of sp³-hybridized carbons (Fsp3) is 0.125. The van der Waals surface area contributed by atoms with Gasteiger partial charge in [-0.25, -0.2) is 8.96 Å². The normalized spacial score (nSPS) is 13.8. The third-order valence-corrected chi connectivity index (χ3v) is 11.6. The number of benzene rings is 4. The molecule has 5 heteroatoms. The molecule has 0 N–H and O–H groups in total. The number of hydrogen-bond donors (Lipinski definition) is 0. The van der Waals surface area contributed by atoms with Crippen LogP contribution in [-0.4, -0.2) is 13.1 Å². The molecule has 0 radical (unpaired) electrons. The molecule has 0 amide bonds. The summed E-state index contributed by atoms with van der Waals surface area (Å²) >= 11 is 0. The monoisotopic (exact) mass is 501 g/mol. The van der Waals surface area contributed by atoms with E-state index in [9.17, 15) is 0 Å². The quantitative estimate of drug-likeness (QED) is 0.203. The van der Waals surface area contributed by atoms with Crippen molar-refractivity contribution in [2.24, 2.45) is 7.05 Å². The maximum absolute atomic E-state index is 15.6. The zero-order chi connectivity index (χ0) is 25.5. The van der Waals surface area contributed by atoms with Gasteiger partial charge in [0.1, 0.15) is 36.9 Å². The average molecular weight is 502 g/mol. The van der Waals surface area contributed by atoms with Crippen molar-refractivity contribution in [3.63, 3.8) is 0 Å². The molecule has 3 nitrogen and oxygen atoms in total. The van der Waals surface area contributed by atoms with E-state index in [1.807, 2.05) is 29.8 Å². The summed E-state index contributed by atoms with van der Waals surface area (Å²) in [4.78, 5) is 4.23. The Morgan fingerprint density at radius 1 is 0.811 bits per heavy atom. The zero-order valence-corrected chi connectivity index (χ0v) is 22.3. The molecule has 0 fully saturated rings. The highest BCUT2D eigenvalue weighted by atomic mass is 28.3. The Morgan fingerprint density at radius 2 is 1.54 bits per heavy atom. The molecule has 0 saturated carbocycles. The van der Waals surface area contributed by atoms with Crippen LogP contribution >= 0.6 is 0 Å². The standard InChI is InChI=1S/C32H26FN2OSi/c1-19-9-11-23-24-13-14-25(33)30(32(24)36-31(23)29(19)26-15-16-34-18-35(26)2)20-10-12-22-21-7-5-6-8-27(21)37(3,4)28(22)17-20/h5-18H,1-4H3/q+1. The number of rotatable bonds is 2. The lowest BCUT2D eigenvalue weighted by molar-refractivity contribution is -0.663. The highest BCUT2D eigenvalue weighted by Crippen LogP contribution is 2.42. The maximum Gasteiger partial charge on any atom is 0.286 e. The maximum atomic E-state index is 15.6. The van der Waals surface area contributed by atoms with Crippen molar-refractivity contribution in [3.8, 4) is 33.5 Å². The first-order valence-electron chi connectivity index (χ1n) is 12.6. The Balaban J connectivity index is 1.51. The SMILES string of the molecule is Cc1ccc2c(oc3c(-c4ccc5c(c4)[Si](C)(C)c4ccccc4-5)c(F)ccc32)c1-c1ccnc[n+]1C. The van der Waals surface area contributed by atoms with Crippen molar-refractivity contribution >= 4 is 40.4 Å². The summed E-state index contributed by atoms with van der Waals surface area (Å²) in [5, 5.41) is 4.69. The number of nitrogens with zero attached hydrogens (tertiary/aromatic N) is 2. The van der Waals surface area contributed by atoms with Gasteiger partial charge in [0.2, 0.25) is 0 Å². The van der Waals surface area contributed by atoms with E-state index < -0.39 is 8.07 Å². The summed E-state index contributed by atoms with van der Waals surface area (Å²) in [5.41, 5.74) is 8.44. The van der Waals surface area contributed by atoms with Crippen molar-refractivity contribution in [3.05, 3.63) is 96.7 Å². The number of fused-ring (bicyclic) bond motifs is 6. The van der Waals surface area contributed by atoms with E-state index in [-0.39, 0.29) is 5.82 Å². The molecule has 6 aromatic rings. The van der Waals surface area contributed by atoms with Crippen molar-refractivity contribution in [1.29, 1.82) is 0 Å². The molecule has 37 heavy (non-hydrogen) atoms. The Morgan fingerprint density at radius 3 is 2.35 bits per heavy atom. The Hall–Kier alpha value is -4.09. The van der Waals surface area contributed by atoms with Gasteiger partial charge in [-0.2, -0.15) is 0 Å². The van der Waals surface area contributed by atoms with Crippen LogP contribution < -0.4 is 14.9 Å². The largest absolute Gasteiger partial charge is 0.454 e. The molecule has 0 aliphatic carbocycles. The van der Waals surface area contributed by atoms with E-state index in [4.69, 9.17) is 4.42 Å². The molecule has 3 heterocycles. The van der Waals surface area contributed by atoms with E-state index in [1.165, 1.54) is 21.5 Å². The fourth-order valence-corrected chi connectivity index (χ4v) is 9.22. The third kappa shape index (κ3) is 3.04. The summed E-state index contributed by atoms with van der Waals surface area (Å²) < 4.78 is 24.2. The zero-order valence-electron chi connectivity index (χ0n) is 21.3. The molecule has 0 saturated heterocycles. The molecule has 7 rings (SSSR count). The average Bonchev–Trinajstić information content (AvgIpc) is 3.37. The highest BCUT2D eigenvalue weighted by molar-refractivity contribution is 7.03. The Bertz CT molecular complexity index is 1900. The van der Waals surface area contributed by atoms with Crippen LogP contribution in [0.1, 0.15) is 5.56 Å². The lowest BCUT2D eigenvalue weighted by Crippen LogP contribution is -2.49. The van der Waals surface area contributed by atoms with Gasteiger partial charge in [0, 0.05) is 16.8 Å². The number of hydrogen-bond acceptors (Lipinski definition) is 2. The summed E-state index contributed by atoms with van der Waals surface area (Å²) in [6.07, 6.45) is 3.57. The molecule has 1 aliphatic heterocycles. The summed E-state index contributed by atoms with van der Waals surface area (Å²) in [6, 6.07) is 24.7. The van der Waals surface area contributed by atoms with Gasteiger partial charge in [-0.15, -0.1) is 0 Å². The first-order valence-corrected chi connectivity index (χ1v) is 15.6. The second-order valence-corrected chi connectivity index (χ2v) is 14.9. The number of aryl methyl sites for hydroxylation is 2. The number of furan rings is 1. The topological polar surface area (TPSA) is 29.9 Å². The first kappa shape index (κ1) is 22.1. The molecule has 0 spiro atoms. The Labute approximate surface area is 215 Å². The molecule has 1 aliphatic rings. The third-order valence-electron chi connectivity index (χ3n) is 8.03. The van der Waals surface area contributed by atoms with Crippen LogP contribution in [0, 0.1) is 12.7 Å². The van der Waals surface area contributed by atoms with Gasteiger partial charge >= 0.3 is 0 Å². The number of aromatic nitrogens is 2. The van der Waals surface area contributed by atoms with Crippen molar-refractivity contribution in [2.45, 2.75) is 20.0 Å². The van der Waals surface area contributed by atoms with Gasteiger partial charge in [-0.05, 0) is 51.7 Å². The lowest BCUT2D eigenvalue weighted by Gasteiger charge is -2.19. The molecule has 180 valence electrons. The van der Waals surface area contributed by atoms with Crippen LogP contribution in [0.15, 0.2) is 89.7 Å². The summed E-state index contributed by atoms with van der Waals surface area (Å²) in [5.74, 6) is -0.269. The van der Waals surface area contributed by atoms with Crippen LogP contribution in [-0.2, 0) is 7.05 Å². The second kappa shape index (κ2) is 7.70. The van der Waals surface area contributed by atoms with Gasteiger partial charge in [0.05, 0.1) is 18.2 Å². The minimum Gasteiger partial charge on any atom is -0.454 e. The molecule has 2 aromatic heterocycles. The van der Waals surface area contributed by atoms with Crippen molar-refractivity contribution in [1.82, 2.24) is 4.98 Å². The fourth-order valence-electron chi connectivity index (χ4n) is 6.12. The molecule has 0 atom stereocenters. The van der Waals surface area contributed by atoms with Crippen LogP contribution in [0.3, 0.4) is 0 Å². The number of halogens is 1. The smallest absolute Gasteiger partial charge is 0.286 e. The second-order valence-electron chi connectivity index (χ2n) is 10.5. The van der Waals surface area contributed by atoms with Crippen molar-refractivity contribution < 1.29 is 13.4 Å². The van der Waals surface area contributed by atoms with Crippen LogP contribution in [0.4, 0.5) is 4.39 Å². The van der Waals surface area contributed by atoms with Gasteiger partial charge < -0.3 is 4.42 Å². The van der Waals surface area contributed by atoms with Gasteiger partial charge in [0.15, 0.2) is 0 Å². The van der Waals surface area contributed by atoms with Crippen LogP contribution in [0.2, 0.25) is 13.1 Å². The van der Waals surface area contributed by atoms with Crippen LogP contribution in [0.25, 0.3) is 55.4 Å². The predicted molar refractivity (Wildman–Crippen MR) is 150 cm³/mol. The van der Waals surface area contributed by atoms with Gasteiger partial charge in [0.25, 0.3) is 6.33 Å². The molecule has 4 aromatic carbocycles. The van der Waals surface area contributed by atoms with Crippen LogP contribution in [0.5, 0.6) is 0 Å². The molecular formula is C32H26FN2OSi+. The summed E-state index contributed by atoms with van der Waals surface area (Å²) in [7, 11) is 0.0838.